The second-order valence-corrected chi connectivity index (χ2v) is 4.83. The number of nitrogens with zero attached hydrogens (tertiary/aromatic N) is 1. The van der Waals surface area contributed by atoms with E-state index in [1.54, 1.807) is 31.9 Å². The van der Waals surface area contributed by atoms with Gasteiger partial charge in [-0.2, -0.15) is 0 Å². The molecular weight excluding hydrogens is 249 g/mol. The topological polar surface area (TPSA) is 52.9 Å². The Balaban J connectivity index is 3.00. The van der Waals surface area contributed by atoms with Gasteiger partial charge in [0, 0.05) is 32.0 Å². The summed E-state index contributed by atoms with van der Waals surface area (Å²) >= 11 is 0. The van der Waals surface area contributed by atoms with Crippen molar-refractivity contribution in [3.63, 3.8) is 0 Å². The molecule has 2 N–H and O–H groups in total. The number of hydrogen-bond donors (Lipinski definition) is 2. The van der Waals surface area contributed by atoms with Crippen molar-refractivity contribution in [1.82, 2.24) is 0 Å². The van der Waals surface area contributed by atoms with Crippen molar-refractivity contribution < 1.29 is 19.3 Å². The van der Waals surface area contributed by atoms with Gasteiger partial charge >= 0.3 is 0 Å². The quantitative estimate of drug-likeness (QED) is 0.825. The summed E-state index contributed by atoms with van der Waals surface area (Å²) < 4.78 is 18.4. The SMILES string of the molecule is COCC(O)CN(C)c1cc(C)c(F)cc1[C@H](C)O. The molecule has 0 aromatic heterocycles. The van der Waals surface area contributed by atoms with Crippen LogP contribution in [-0.2, 0) is 4.74 Å². The molecule has 1 aromatic rings. The third-order valence-corrected chi connectivity index (χ3v) is 3.01. The van der Waals surface area contributed by atoms with E-state index in [0.717, 1.165) is 0 Å². The molecule has 0 heterocycles. The standard InChI is InChI=1S/C14H22FNO3/c1-9-5-14(12(10(2)17)6-13(9)15)16(3)7-11(18)8-19-4/h5-6,10-11,17-18H,7-8H2,1-4H3/t10-,11?/m0/s1. The molecule has 108 valence electrons. The van der Waals surface area contributed by atoms with E-state index in [4.69, 9.17) is 4.74 Å². The van der Waals surface area contributed by atoms with Crippen molar-refractivity contribution in [3.8, 4) is 0 Å². The summed E-state index contributed by atoms with van der Waals surface area (Å²) in [4.78, 5) is 1.79. The summed E-state index contributed by atoms with van der Waals surface area (Å²) in [5.41, 5.74) is 1.73. The Labute approximate surface area is 113 Å². The van der Waals surface area contributed by atoms with Crippen molar-refractivity contribution in [1.29, 1.82) is 0 Å². The van der Waals surface area contributed by atoms with Crippen LogP contribution in [0.5, 0.6) is 0 Å². The number of aliphatic hydroxyl groups excluding tert-OH is 2. The lowest BCUT2D eigenvalue weighted by molar-refractivity contribution is 0.0694. The molecule has 4 nitrogen and oxygen atoms in total. The zero-order chi connectivity index (χ0) is 14.6. The smallest absolute Gasteiger partial charge is 0.126 e. The highest BCUT2D eigenvalue weighted by atomic mass is 19.1. The predicted octanol–water partition coefficient (Wildman–Crippen LogP) is 1.63. The molecule has 5 heteroatoms. The zero-order valence-corrected chi connectivity index (χ0v) is 11.9. The summed E-state index contributed by atoms with van der Waals surface area (Å²) in [5, 5.41) is 19.5. The van der Waals surface area contributed by atoms with Gasteiger partial charge < -0.3 is 19.8 Å². The van der Waals surface area contributed by atoms with Gasteiger partial charge in [-0.05, 0) is 31.5 Å². The van der Waals surface area contributed by atoms with Crippen molar-refractivity contribution in [2.45, 2.75) is 26.1 Å². The van der Waals surface area contributed by atoms with Crippen LogP contribution in [0.1, 0.15) is 24.2 Å². The molecule has 0 saturated heterocycles. The number of ether oxygens (including phenoxy) is 1. The first-order valence-electron chi connectivity index (χ1n) is 6.23. The van der Waals surface area contributed by atoms with E-state index in [-0.39, 0.29) is 12.4 Å². The number of aliphatic hydroxyl groups is 2. The maximum atomic E-state index is 13.6. The van der Waals surface area contributed by atoms with Gasteiger partial charge in [0.25, 0.3) is 0 Å². The van der Waals surface area contributed by atoms with Crippen LogP contribution in [0.3, 0.4) is 0 Å². The van der Waals surface area contributed by atoms with Gasteiger partial charge in [0.15, 0.2) is 0 Å². The van der Waals surface area contributed by atoms with Crippen molar-refractivity contribution in [3.05, 3.63) is 29.1 Å². The molecule has 1 aromatic carbocycles. The molecule has 0 fully saturated rings. The van der Waals surface area contributed by atoms with Crippen molar-refractivity contribution >= 4 is 5.69 Å². The second-order valence-electron chi connectivity index (χ2n) is 4.83. The lowest BCUT2D eigenvalue weighted by Gasteiger charge is -2.26. The van der Waals surface area contributed by atoms with E-state index < -0.39 is 12.2 Å². The van der Waals surface area contributed by atoms with Crippen LogP contribution in [0.15, 0.2) is 12.1 Å². The average Bonchev–Trinajstić information content (AvgIpc) is 2.31. The Morgan fingerprint density at radius 3 is 2.53 bits per heavy atom. The Morgan fingerprint density at radius 2 is 2.00 bits per heavy atom. The molecule has 19 heavy (non-hydrogen) atoms. The molecule has 0 spiro atoms. The molecule has 0 bridgehead atoms. The highest BCUT2D eigenvalue weighted by Gasteiger charge is 2.17. The summed E-state index contributed by atoms with van der Waals surface area (Å²) in [5.74, 6) is -0.342. The number of rotatable bonds is 6. The molecule has 0 amide bonds. The van der Waals surface area contributed by atoms with E-state index in [9.17, 15) is 14.6 Å². The summed E-state index contributed by atoms with van der Waals surface area (Å²) in [6, 6.07) is 3.02. The minimum absolute atomic E-state index is 0.231. The van der Waals surface area contributed by atoms with Crippen LogP contribution in [-0.4, -0.2) is 43.6 Å². The van der Waals surface area contributed by atoms with E-state index in [2.05, 4.69) is 0 Å². The molecule has 1 unspecified atom stereocenters. The van der Waals surface area contributed by atoms with Gasteiger partial charge in [-0.1, -0.05) is 0 Å². The van der Waals surface area contributed by atoms with Gasteiger partial charge in [-0.15, -0.1) is 0 Å². The number of likely N-dealkylation sites (N-methyl/N-ethyl adjacent to an activating group) is 1. The van der Waals surface area contributed by atoms with Crippen LogP contribution < -0.4 is 4.90 Å². The van der Waals surface area contributed by atoms with E-state index >= 15 is 0 Å². The van der Waals surface area contributed by atoms with E-state index in [0.29, 0.717) is 23.4 Å². The highest BCUT2D eigenvalue weighted by molar-refractivity contribution is 5.56. The van der Waals surface area contributed by atoms with Gasteiger partial charge in [-0.25, -0.2) is 4.39 Å². The minimum Gasteiger partial charge on any atom is -0.389 e. The Morgan fingerprint density at radius 1 is 1.37 bits per heavy atom. The Hall–Kier alpha value is -1.17. The number of methoxy groups -OCH3 is 1. The van der Waals surface area contributed by atoms with E-state index in [1.165, 1.54) is 13.2 Å². The number of aryl methyl sites for hydroxylation is 1. The summed E-state index contributed by atoms with van der Waals surface area (Å²) in [6.45, 7) is 3.84. The predicted molar refractivity (Wildman–Crippen MR) is 72.9 cm³/mol. The summed E-state index contributed by atoms with van der Waals surface area (Å²) in [6.07, 6.45) is -1.41. The van der Waals surface area contributed by atoms with E-state index in [1.807, 2.05) is 0 Å². The fraction of sp³-hybridized carbons (Fsp3) is 0.571. The molecule has 1 rings (SSSR count). The monoisotopic (exact) mass is 271 g/mol. The van der Waals surface area contributed by atoms with Gasteiger partial charge in [0.05, 0.1) is 18.8 Å². The Bertz CT molecular complexity index is 423. The number of hydrogen-bond acceptors (Lipinski definition) is 4. The Kier molecular flexibility index (Phi) is 5.72. The minimum atomic E-state index is -0.771. The maximum absolute atomic E-state index is 13.6. The largest absolute Gasteiger partial charge is 0.389 e. The lowest BCUT2D eigenvalue weighted by Crippen LogP contribution is -2.32. The second kappa shape index (κ2) is 6.84. The molecule has 2 atom stereocenters. The molecule has 0 saturated carbocycles. The van der Waals surface area contributed by atoms with Crippen LogP contribution in [0.2, 0.25) is 0 Å². The highest BCUT2D eigenvalue weighted by Crippen LogP contribution is 2.28. The number of halogens is 1. The third-order valence-electron chi connectivity index (χ3n) is 3.01. The first-order chi connectivity index (χ1) is 8.86. The molecule has 0 aliphatic carbocycles. The molecule has 0 radical (unpaired) electrons. The average molecular weight is 271 g/mol. The van der Waals surface area contributed by atoms with Crippen molar-refractivity contribution in [2.75, 3.05) is 32.2 Å². The van der Waals surface area contributed by atoms with Crippen molar-refractivity contribution in [2.24, 2.45) is 0 Å². The normalized spacial score (nSPS) is 14.3. The van der Waals surface area contributed by atoms with Gasteiger partial charge in [0.2, 0.25) is 0 Å². The molecular formula is C14H22FNO3. The van der Waals surface area contributed by atoms with Crippen LogP contribution in [0.4, 0.5) is 10.1 Å². The fourth-order valence-electron chi connectivity index (χ4n) is 2.01. The van der Waals surface area contributed by atoms with Gasteiger partial charge in [0.1, 0.15) is 5.82 Å². The van der Waals surface area contributed by atoms with Crippen LogP contribution in [0, 0.1) is 12.7 Å². The zero-order valence-electron chi connectivity index (χ0n) is 11.9. The molecule has 0 aliphatic heterocycles. The third kappa shape index (κ3) is 4.16. The molecule has 0 aliphatic rings. The first-order valence-corrected chi connectivity index (χ1v) is 6.23. The summed E-state index contributed by atoms with van der Waals surface area (Å²) in [7, 11) is 3.31. The number of benzene rings is 1. The van der Waals surface area contributed by atoms with Crippen LogP contribution >= 0.6 is 0 Å². The first kappa shape index (κ1) is 15.9. The fourth-order valence-corrected chi connectivity index (χ4v) is 2.01. The lowest BCUT2D eigenvalue weighted by atomic mass is 10.0. The van der Waals surface area contributed by atoms with Crippen LogP contribution in [0.25, 0.3) is 0 Å². The maximum Gasteiger partial charge on any atom is 0.126 e. The van der Waals surface area contributed by atoms with Gasteiger partial charge in [-0.3, -0.25) is 0 Å². The number of anilines is 1.